The molecule has 9 nitrogen and oxygen atoms in total. The van der Waals surface area contributed by atoms with Gasteiger partial charge in [-0.15, -0.1) is 0 Å². The Bertz CT molecular complexity index is 609. The average Bonchev–Trinajstić information content (AvgIpc) is 2.66. The van der Waals surface area contributed by atoms with E-state index in [1.807, 2.05) is 4.90 Å². The summed E-state index contributed by atoms with van der Waals surface area (Å²) < 4.78 is 28.9. The van der Waals surface area contributed by atoms with Gasteiger partial charge in [0.2, 0.25) is 0 Å². The van der Waals surface area contributed by atoms with Gasteiger partial charge in [0.15, 0.2) is 16.6 Å². The zero-order chi connectivity index (χ0) is 27.3. The number of aliphatic hydroxyl groups excluding tert-OH is 2. The predicted molar refractivity (Wildman–Crippen MR) is 147 cm³/mol. The number of carbonyl (C=O) groups excluding carboxylic acids is 1. The summed E-state index contributed by atoms with van der Waals surface area (Å²) in [5.74, 6) is -0.537. The molecule has 0 aromatic rings. The molecular formula is C23H51NO8Si3. The quantitative estimate of drug-likeness (QED) is 0.102. The van der Waals surface area contributed by atoms with E-state index in [0.29, 0.717) is 26.3 Å². The molecule has 208 valence electrons. The zero-order valence-electron chi connectivity index (χ0n) is 23.5. The number of hydrogen-bond acceptors (Lipinski definition) is 9. The van der Waals surface area contributed by atoms with Gasteiger partial charge >= 0.3 is 14.5 Å². The van der Waals surface area contributed by atoms with Crippen molar-refractivity contribution in [2.24, 2.45) is 0 Å². The molecular weight excluding hydrogens is 503 g/mol. The van der Waals surface area contributed by atoms with E-state index in [9.17, 15) is 15.0 Å². The Balaban J connectivity index is 4.58. The van der Waals surface area contributed by atoms with Gasteiger partial charge in [0, 0.05) is 38.9 Å². The molecule has 0 aliphatic heterocycles. The third-order valence-corrected chi connectivity index (χ3v) is 14.2. The minimum Gasteiger partial charge on any atom is -0.460 e. The maximum Gasteiger partial charge on any atom is 0.333 e. The third-order valence-electron chi connectivity index (χ3n) is 4.58. The minimum atomic E-state index is -2.29. The third kappa shape index (κ3) is 19.4. The van der Waals surface area contributed by atoms with Crippen LogP contribution in [0.1, 0.15) is 13.3 Å². The fraction of sp³-hybridized carbons (Fsp3) is 0.870. The molecule has 35 heavy (non-hydrogen) atoms. The molecule has 0 bridgehead atoms. The van der Waals surface area contributed by atoms with Crippen LogP contribution in [0.3, 0.4) is 0 Å². The first-order chi connectivity index (χ1) is 16.0. The first kappa shape index (κ1) is 34.6. The molecule has 0 aromatic heterocycles. The summed E-state index contributed by atoms with van der Waals surface area (Å²) in [4.78, 5) is 13.4. The van der Waals surface area contributed by atoms with E-state index in [0.717, 1.165) is 12.5 Å². The van der Waals surface area contributed by atoms with Crippen LogP contribution in [0.25, 0.3) is 0 Å². The normalized spacial score (nSPS) is 14.7. The lowest BCUT2D eigenvalue weighted by atomic mass is 10.2. The highest BCUT2D eigenvalue weighted by molar-refractivity contribution is 6.87. The molecule has 0 heterocycles. The van der Waals surface area contributed by atoms with Gasteiger partial charge in [0.25, 0.3) is 0 Å². The lowest BCUT2D eigenvalue weighted by molar-refractivity contribution is -0.142. The van der Waals surface area contributed by atoms with Crippen LogP contribution in [0.4, 0.5) is 0 Å². The van der Waals surface area contributed by atoms with Gasteiger partial charge in [-0.3, -0.25) is 4.90 Å². The van der Waals surface area contributed by atoms with Crippen LogP contribution in [0, 0.1) is 0 Å². The van der Waals surface area contributed by atoms with Crippen LogP contribution in [-0.4, -0.2) is 112 Å². The summed E-state index contributed by atoms with van der Waals surface area (Å²) in [5, 5.41) is 20.7. The Morgan fingerprint density at radius 3 is 1.89 bits per heavy atom. The topological polar surface area (TPSA) is 107 Å². The SMILES string of the molecule is C=C(C)C(=O)OCC(O)CN(CCOC)CC(O)COCCC[Si](C)(O[Si](C)(C)C)O[Si](C)(C)C. The minimum absolute atomic E-state index is 0.136. The highest BCUT2D eigenvalue weighted by atomic mass is 28.5. The molecule has 0 radical (unpaired) electrons. The zero-order valence-corrected chi connectivity index (χ0v) is 26.5. The summed E-state index contributed by atoms with van der Waals surface area (Å²) in [7, 11) is -4.16. The van der Waals surface area contributed by atoms with Crippen molar-refractivity contribution in [2.75, 3.05) is 53.2 Å². The molecule has 0 rings (SSSR count). The summed E-state index contributed by atoms with van der Waals surface area (Å²) in [6.07, 6.45) is -0.800. The molecule has 0 aliphatic rings. The Morgan fingerprint density at radius 2 is 1.43 bits per heavy atom. The predicted octanol–water partition coefficient (Wildman–Crippen LogP) is 2.96. The van der Waals surface area contributed by atoms with Crippen molar-refractivity contribution in [1.29, 1.82) is 0 Å². The van der Waals surface area contributed by atoms with Crippen molar-refractivity contribution < 1.29 is 37.4 Å². The van der Waals surface area contributed by atoms with Crippen molar-refractivity contribution in [1.82, 2.24) is 4.90 Å². The molecule has 0 aromatic carbocycles. The summed E-state index contributed by atoms with van der Waals surface area (Å²) in [6, 6.07) is 0.854. The molecule has 0 saturated heterocycles. The van der Waals surface area contributed by atoms with E-state index in [1.54, 1.807) is 14.0 Å². The molecule has 2 unspecified atom stereocenters. The van der Waals surface area contributed by atoms with Gasteiger partial charge in [-0.2, -0.15) is 0 Å². The van der Waals surface area contributed by atoms with Crippen LogP contribution >= 0.6 is 0 Å². The second kappa shape index (κ2) is 16.4. The van der Waals surface area contributed by atoms with E-state index in [4.69, 9.17) is 22.4 Å². The van der Waals surface area contributed by atoms with E-state index < -0.39 is 43.4 Å². The molecule has 0 saturated carbocycles. The largest absolute Gasteiger partial charge is 0.460 e. The second-order valence-corrected chi connectivity index (χ2v) is 24.0. The van der Waals surface area contributed by atoms with Crippen LogP contribution in [0.2, 0.25) is 51.9 Å². The van der Waals surface area contributed by atoms with Gasteiger partial charge in [0.05, 0.1) is 19.3 Å². The number of carbonyl (C=O) groups is 1. The number of nitrogens with zero attached hydrogens (tertiary/aromatic N) is 1. The van der Waals surface area contributed by atoms with Gasteiger partial charge in [-0.1, -0.05) is 6.58 Å². The highest BCUT2D eigenvalue weighted by Crippen LogP contribution is 2.25. The van der Waals surface area contributed by atoms with Crippen molar-refractivity contribution in [3.63, 3.8) is 0 Å². The molecule has 2 N–H and O–H groups in total. The van der Waals surface area contributed by atoms with E-state index in [2.05, 4.69) is 52.4 Å². The van der Waals surface area contributed by atoms with Crippen LogP contribution in [0.15, 0.2) is 12.2 Å². The monoisotopic (exact) mass is 553 g/mol. The van der Waals surface area contributed by atoms with Gasteiger partial charge < -0.3 is 32.7 Å². The maximum absolute atomic E-state index is 11.5. The molecule has 0 fully saturated rings. The van der Waals surface area contributed by atoms with Crippen molar-refractivity contribution in [3.8, 4) is 0 Å². The van der Waals surface area contributed by atoms with E-state index in [1.165, 1.54) is 0 Å². The number of ether oxygens (including phenoxy) is 3. The van der Waals surface area contributed by atoms with Crippen molar-refractivity contribution in [2.45, 2.75) is 77.4 Å². The smallest absolute Gasteiger partial charge is 0.333 e. The Kier molecular flexibility index (Phi) is 16.2. The second-order valence-electron chi connectivity index (χ2n) is 11.2. The average molecular weight is 554 g/mol. The first-order valence-electron chi connectivity index (χ1n) is 12.3. The van der Waals surface area contributed by atoms with Crippen molar-refractivity contribution in [3.05, 3.63) is 12.2 Å². The van der Waals surface area contributed by atoms with Gasteiger partial charge in [0.1, 0.15) is 12.7 Å². The first-order valence-corrected chi connectivity index (χ1v) is 21.7. The summed E-state index contributed by atoms with van der Waals surface area (Å²) >= 11 is 0. The summed E-state index contributed by atoms with van der Waals surface area (Å²) in [5.41, 5.74) is 0.281. The van der Waals surface area contributed by atoms with E-state index >= 15 is 0 Å². The molecule has 0 amide bonds. The van der Waals surface area contributed by atoms with Crippen molar-refractivity contribution >= 4 is 31.2 Å². The highest BCUT2D eigenvalue weighted by Gasteiger charge is 2.39. The number of hydrogen-bond donors (Lipinski definition) is 2. The fourth-order valence-electron chi connectivity index (χ4n) is 3.61. The molecule has 12 heteroatoms. The Morgan fingerprint density at radius 1 is 0.914 bits per heavy atom. The summed E-state index contributed by atoms with van der Waals surface area (Å²) in [6.45, 7) is 22.4. The fourth-order valence-corrected chi connectivity index (χ4v) is 16.1. The molecule has 0 spiro atoms. The van der Waals surface area contributed by atoms with Gasteiger partial charge in [-0.25, -0.2) is 4.79 Å². The number of aliphatic hydroxyl groups is 2. The molecule has 2 atom stereocenters. The maximum atomic E-state index is 11.5. The van der Waals surface area contributed by atoms with Crippen LogP contribution in [-0.2, 0) is 27.2 Å². The number of methoxy groups -OCH3 is 1. The number of rotatable bonds is 20. The number of esters is 1. The lowest BCUT2D eigenvalue weighted by Gasteiger charge is -2.38. The van der Waals surface area contributed by atoms with Crippen LogP contribution < -0.4 is 0 Å². The lowest BCUT2D eigenvalue weighted by Crippen LogP contribution is -2.52. The Labute approximate surface area is 216 Å². The van der Waals surface area contributed by atoms with Gasteiger partial charge in [-0.05, 0) is 65.2 Å². The standard InChI is InChI=1S/C23H51NO8Si3/c1-20(2)23(27)30-19-22(26)17-24(12-14-28-3)16-21(25)18-29-13-11-15-35(10,31-33(4,5)6)32-34(7,8)9/h21-22,25-26H,1,11-19H2,2-10H3. The van der Waals surface area contributed by atoms with Crippen LogP contribution in [0.5, 0.6) is 0 Å². The molecule has 0 aliphatic carbocycles. The Hall–Kier alpha value is -0.419. The van der Waals surface area contributed by atoms with E-state index in [-0.39, 0.29) is 25.3 Å².